The maximum atomic E-state index is 2.94. The van der Waals surface area contributed by atoms with Crippen LogP contribution in [0.4, 0.5) is 0 Å². The topological polar surface area (TPSA) is 0 Å². The van der Waals surface area contributed by atoms with Crippen molar-refractivity contribution in [1.29, 1.82) is 0 Å². The van der Waals surface area contributed by atoms with E-state index >= 15 is 0 Å². The second kappa shape index (κ2) is 28.0. The van der Waals surface area contributed by atoms with Crippen molar-refractivity contribution in [2.75, 3.05) is 5.83 Å². The third-order valence-corrected chi connectivity index (χ3v) is 0. The predicted molar refractivity (Wildman–Crippen MR) is 21.6 cm³/mol. The van der Waals surface area contributed by atoms with E-state index in [4.69, 9.17) is 0 Å². The van der Waals surface area contributed by atoms with E-state index in [-0.39, 0.29) is 82.9 Å². The van der Waals surface area contributed by atoms with Gasteiger partial charge in [-0.3, -0.25) is 0 Å². The van der Waals surface area contributed by atoms with E-state index in [1.165, 1.54) is 0 Å². The minimum Gasteiger partial charge on any atom is -0.0966 e. The molecule has 5 heavy (non-hydrogen) atoms. The standard InChI is InChI=1S/CH3Br.CH4.2Ar/c1-2;;;/h1H3;1H4;;. The molecule has 0 nitrogen and oxygen atoms in total. The molecule has 0 aliphatic heterocycles. The first-order valence-corrected chi connectivity index (χ1v) is 1.96. The molecule has 0 fully saturated rings. The van der Waals surface area contributed by atoms with Crippen LogP contribution in [-0.2, 0) is 0 Å². The summed E-state index contributed by atoms with van der Waals surface area (Å²) in [5.41, 5.74) is 0. The van der Waals surface area contributed by atoms with Crippen molar-refractivity contribution in [2.45, 2.75) is 7.43 Å². The summed E-state index contributed by atoms with van der Waals surface area (Å²) < 4.78 is 0. The van der Waals surface area contributed by atoms with E-state index in [0.29, 0.717) is 0 Å². The Kier molecular flexibility index (Phi) is 137. The molecule has 0 aromatic heterocycles. The molecule has 0 amide bonds. The van der Waals surface area contributed by atoms with Gasteiger partial charge in [-0.15, -0.1) is 0 Å². The van der Waals surface area contributed by atoms with Crippen molar-refractivity contribution in [3.63, 3.8) is 0 Å². The summed E-state index contributed by atoms with van der Waals surface area (Å²) in [6.07, 6.45) is 0. The average molecular weight is 191 g/mol. The molecule has 0 spiro atoms. The maximum Gasteiger partial charge on any atom is 0 e. The van der Waals surface area contributed by atoms with Gasteiger partial charge in [0.2, 0.25) is 0 Å². The smallest absolute Gasteiger partial charge is 0 e. The van der Waals surface area contributed by atoms with E-state index in [9.17, 15) is 0 Å². The minimum absolute atomic E-state index is 0. The fourth-order valence-corrected chi connectivity index (χ4v) is 0. The molecule has 0 aromatic carbocycles. The van der Waals surface area contributed by atoms with E-state index in [1.807, 2.05) is 5.83 Å². The van der Waals surface area contributed by atoms with Crippen molar-refractivity contribution in [1.82, 2.24) is 0 Å². The van der Waals surface area contributed by atoms with Crippen molar-refractivity contribution >= 4 is 15.9 Å². The predicted octanol–water partition coefficient (Wildman–Crippen LogP) is 1.65. The molecule has 0 aliphatic carbocycles. The second-order valence-electron chi connectivity index (χ2n) is 0. The van der Waals surface area contributed by atoms with Gasteiger partial charge in [-0.05, 0) is 5.83 Å². The van der Waals surface area contributed by atoms with Crippen LogP contribution in [0.1, 0.15) is 7.43 Å². The van der Waals surface area contributed by atoms with Crippen LogP contribution in [-0.4, -0.2) is 5.83 Å². The molecular weight excluding hydrogens is 184 g/mol. The molecule has 0 N–H and O–H groups in total. The largest absolute Gasteiger partial charge is 0.0966 e. The summed E-state index contributed by atoms with van der Waals surface area (Å²) in [6.45, 7) is 0. The average Bonchev–Trinajstić information content (AvgIpc) is 1.00. The maximum absolute atomic E-state index is 2.94. The van der Waals surface area contributed by atoms with Crippen LogP contribution in [0.15, 0.2) is 0 Å². The molecule has 0 heterocycles. The van der Waals surface area contributed by atoms with Gasteiger partial charge in [0.15, 0.2) is 0 Å². The Morgan fingerprint density at radius 3 is 1.00 bits per heavy atom. The van der Waals surface area contributed by atoms with Gasteiger partial charge in [-0.2, -0.15) is 0 Å². The van der Waals surface area contributed by atoms with Gasteiger partial charge >= 0.3 is 0 Å². The van der Waals surface area contributed by atoms with Crippen molar-refractivity contribution in [3.05, 3.63) is 0 Å². The Balaban J connectivity index is -0.00000000167. The molecule has 0 radical (unpaired) electrons. The van der Waals surface area contributed by atoms with Gasteiger partial charge in [0.25, 0.3) is 0 Å². The molecule has 0 saturated carbocycles. The van der Waals surface area contributed by atoms with Crippen LogP contribution in [0.5, 0.6) is 0 Å². The molecule has 0 aromatic rings. The summed E-state index contributed by atoms with van der Waals surface area (Å²) in [4.78, 5) is 0. The normalized spacial score (nSPS) is 1.20. The van der Waals surface area contributed by atoms with E-state index < -0.39 is 0 Å². The molecule has 0 aliphatic rings. The Bertz CT molecular complexity index is 7.61. The fourth-order valence-electron chi connectivity index (χ4n) is 0. The zero-order chi connectivity index (χ0) is 2.00. The van der Waals surface area contributed by atoms with Crippen LogP contribution in [0.3, 0.4) is 0 Å². The Labute approximate surface area is 102 Å². The molecule has 0 saturated heterocycles. The summed E-state index contributed by atoms with van der Waals surface area (Å²) in [5, 5.41) is 0. The van der Waals surface area contributed by atoms with Gasteiger partial charge in [-0.25, -0.2) is 0 Å². The SMILES string of the molecule is C.CBr.[Ar].[Ar]. The summed E-state index contributed by atoms with van der Waals surface area (Å²) in [6, 6.07) is 0. The first-order valence-electron chi connectivity index (χ1n) is 0.378. The second-order valence-corrected chi connectivity index (χ2v) is 0. The Morgan fingerprint density at radius 2 is 1.00 bits per heavy atom. The zero-order valence-corrected chi connectivity index (χ0v) is 5.09. The summed E-state index contributed by atoms with van der Waals surface area (Å²) in [5.74, 6) is 1.81. The Hall–Kier alpha value is 3.00. The fraction of sp³-hybridized carbons (Fsp3) is 1.00. The van der Waals surface area contributed by atoms with Crippen LogP contribution in [0.25, 0.3) is 0 Å². The van der Waals surface area contributed by atoms with E-state index in [0.717, 1.165) is 0 Å². The molecule has 0 unspecified atom stereocenters. The zero-order valence-electron chi connectivity index (χ0n) is 2.09. The molecule has 3 heteroatoms. The number of halogens is 1. The van der Waals surface area contributed by atoms with Crippen LogP contribution in [0, 0.1) is 75.5 Å². The third-order valence-electron chi connectivity index (χ3n) is 0. The Morgan fingerprint density at radius 1 is 1.00 bits per heavy atom. The van der Waals surface area contributed by atoms with Gasteiger partial charge < -0.3 is 0 Å². The van der Waals surface area contributed by atoms with Crippen LogP contribution in [0.2, 0.25) is 0 Å². The quantitative estimate of drug-likeness (QED) is 0.510. The summed E-state index contributed by atoms with van der Waals surface area (Å²) in [7, 11) is 0. The van der Waals surface area contributed by atoms with Gasteiger partial charge in [-0.1, -0.05) is 23.4 Å². The molecule has 0 atom stereocenters. The minimum atomic E-state index is 0. The van der Waals surface area contributed by atoms with Crippen LogP contribution >= 0.6 is 15.9 Å². The van der Waals surface area contributed by atoms with Crippen molar-refractivity contribution < 1.29 is 75.5 Å². The molecule has 0 rings (SSSR count). The summed E-state index contributed by atoms with van der Waals surface area (Å²) >= 11 is 2.94. The van der Waals surface area contributed by atoms with Crippen molar-refractivity contribution in [2.24, 2.45) is 0 Å². The molecule has 0 bridgehead atoms. The van der Waals surface area contributed by atoms with Crippen molar-refractivity contribution in [3.8, 4) is 0 Å². The van der Waals surface area contributed by atoms with E-state index in [1.54, 1.807) is 0 Å². The van der Waals surface area contributed by atoms with Gasteiger partial charge in [0.1, 0.15) is 0 Å². The number of rotatable bonds is 0. The molecule has 38 valence electrons. The first kappa shape index (κ1) is 24.5. The van der Waals surface area contributed by atoms with Gasteiger partial charge in [0, 0.05) is 75.5 Å². The van der Waals surface area contributed by atoms with Gasteiger partial charge in [0.05, 0.1) is 0 Å². The molecular formula is C2H7Ar2Br. The van der Waals surface area contributed by atoms with E-state index in [2.05, 4.69) is 15.9 Å². The number of hydrogen-bond donors (Lipinski definition) is 0. The van der Waals surface area contributed by atoms with Crippen LogP contribution < -0.4 is 0 Å². The monoisotopic (exact) mass is 190 g/mol. The first-order chi connectivity index (χ1) is 1.00. The third kappa shape index (κ3) is 19.4. The number of alkyl halides is 1. The number of hydrogen-bond acceptors (Lipinski definition) is 0.